The lowest BCUT2D eigenvalue weighted by Crippen LogP contribution is -2.37. The first-order valence-electron chi connectivity index (χ1n) is 13.1. The molecule has 1 aromatic carbocycles. The minimum atomic E-state index is -0.752. The molecule has 11 heteroatoms. The van der Waals surface area contributed by atoms with Gasteiger partial charge in [-0.1, -0.05) is 23.4 Å². The maximum absolute atomic E-state index is 13.0. The lowest BCUT2D eigenvalue weighted by atomic mass is 9.99. The summed E-state index contributed by atoms with van der Waals surface area (Å²) in [4.78, 5) is 44.3. The van der Waals surface area contributed by atoms with Gasteiger partial charge in [0.2, 0.25) is 5.91 Å². The number of phenolic OH excluding ortho intramolecular Hbond substituents is 2. The van der Waals surface area contributed by atoms with Gasteiger partial charge < -0.3 is 34.7 Å². The van der Waals surface area contributed by atoms with Crippen molar-refractivity contribution in [3.05, 3.63) is 47.6 Å². The molecule has 0 spiro atoms. The van der Waals surface area contributed by atoms with Crippen LogP contribution in [0.4, 0.5) is 0 Å². The molecule has 212 valence electrons. The number of aromatic hydroxyl groups is 2. The zero-order valence-corrected chi connectivity index (χ0v) is 22.4. The highest BCUT2D eigenvalue weighted by Crippen LogP contribution is 2.29. The van der Waals surface area contributed by atoms with Gasteiger partial charge in [-0.3, -0.25) is 9.59 Å². The van der Waals surface area contributed by atoms with Gasteiger partial charge in [0.05, 0.1) is 11.8 Å². The van der Waals surface area contributed by atoms with E-state index in [9.17, 15) is 24.6 Å². The van der Waals surface area contributed by atoms with Crippen LogP contribution in [-0.4, -0.2) is 84.2 Å². The van der Waals surface area contributed by atoms with Gasteiger partial charge in [-0.05, 0) is 50.3 Å². The van der Waals surface area contributed by atoms with Crippen LogP contribution in [0.2, 0.25) is 0 Å². The van der Waals surface area contributed by atoms with E-state index < -0.39 is 23.9 Å². The molecule has 11 nitrogen and oxygen atoms in total. The first kappa shape index (κ1) is 29.7. The summed E-state index contributed by atoms with van der Waals surface area (Å²) in [5.74, 6) is -1.83. The molecule has 2 aliphatic rings. The Morgan fingerprint density at radius 3 is 2.64 bits per heavy atom. The lowest BCUT2D eigenvalue weighted by Gasteiger charge is -2.26. The third-order valence-corrected chi connectivity index (χ3v) is 6.35. The highest BCUT2D eigenvalue weighted by atomic mass is 16.6. The van der Waals surface area contributed by atoms with Crippen molar-refractivity contribution in [2.45, 2.75) is 57.7 Å². The Hall–Kier alpha value is -3.86. The number of benzene rings is 1. The summed E-state index contributed by atoms with van der Waals surface area (Å²) in [6.45, 7) is 2.73. The number of hydrogen-bond acceptors (Lipinski definition) is 9. The number of cyclic esters (lactones) is 1. The normalized spacial score (nSPS) is 23.2. The van der Waals surface area contributed by atoms with Crippen LogP contribution in [0.5, 0.6) is 11.5 Å². The number of phenols is 2. The van der Waals surface area contributed by atoms with Crippen LogP contribution in [0.25, 0.3) is 0 Å². The number of rotatable bonds is 6. The lowest BCUT2D eigenvalue weighted by molar-refractivity contribution is -0.137. The van der Waals surface area contributed by atoms with Crippen molar-refractivity contribution in [3.8, 4) is 11.5 Å². The molecule has 2 heterocycles. The molecule has 1 aromatic rings. The van der Waals surface area contributed by atoms with Gasteiger partial charge in [0.1, 0.15) is 29.8 Å². The summed E-state index contributed by atoms with van der Waals surface area (Å²) in [6.07, 6.45) is 9.85. The summed E-state index contributed by atoms with van der Waals surface area (Å²) in [6, 6.07) is 2.42. The number of esters is 1. The third-order valence-electron chi connectivity index (χ3n) is 6.35. The maximum Gasteiger partial charge on any atom is 0.342 e. The topological polar surface area (TPSA) is 147 Å². The van der Waals surface area contributed by atoms with Crippen LogP contribution in [0.1, 0.15) is 54.9 Å². The molecule has 1 saturated heterocycles. The van der Waals surface area contributed by atoms with Crippen molar-refractivity contribution in [1.82, 2.24) is 10.2 Å². The highest BCUT2D eigenvalue weighted by Gasteiger charge is 2.23. The van der Waals surface area contributed by atoms with Gasteiger partial charge in [0.15, 0.2) is 6.61 Å². The molecule has 2 atom stereocenters. The van der Waals surface area contributed by atoms with Gasteiger partial charge in [-0.2, -0.15) is 0 Å². The smallest absolute Gasteiger partial charge is 0.342 e. The number of carbonyl (C=O) groups is 3. The van der Waals surface area contributed by atoms with E-state index in [1.807, 2.05) is 0 Å². The number of allylic oxidation sites excluding steroid dienone is 1. The fraction of sp³-hybridized carbons (Fsp3) is 0.500. The van der Waals surface area contributed by atoms with Crippen molar-refractivity contribution in [2.75, 3.05) is 33.4 Å². The Bertz CT molecular complexity index is 1110. The van der Waals surface area contributed by atoms with E-state index in [-0.39, 0.29) is 48.3 Å². The maximum atomic E-state index is 13.0. The van der Waals surface area contributed by atoms with Crippen LogP contribution < -0.4 is 5.32 Å². The average molecular weight is 544 g/mol. The Morgan fingerprint density at radius 2 is 1.90 bits per heavy atom. The van der Waals surface area contributed by atoms with Crippen LogP contribution >= 0.6 is 0 Å². The van der Waals surface area contributed by atoms with Crippen LogP contribution in [0, 0.1) is 0 Å². The Kier molecular flexibility index (Phi) is 11.4. The highest BCUT2D eigenvalue weighted by molar-refractivity contribution is 6.00. The molecule has 2 aliphatic heterocycles. The summed E-state index contributed by atoms with van der Waals surface area (Å²) < 4.78 is 11.2. The zero-order chi connectivity index (χ0) is 28.2. The molecule has 2 amide bonds. The Labute approximate surface area is 228 Å². The number of nitrogens with one attached hydrogen (secondary N) is 1. The minimum absolute atomic E-state index is 0.00518. The van der Waals surface area contributed by atoms with E-state index in [1.165, 1.54) is 13.1 Å². The summed E-state index contributed by atoms with van der Waals surface area (Å²) in [5, 5.41) is 27.2. The number of oxime groups is 1. The molecule has 3 rings (SSSR count). The molecular formula is C28H37N3O8. The van der Waals surface area contributed by atoms with E-state index in [0.717, 1.165) is 25.3 Å². The van der Waals surface area contributed by atoms with E-state index in [0.29, 0.717) is 31.6 Å². The average Bonchev–Trinajstić information content (AvgIpc) is 2.90. The molecule has 1 fully saturated rings. The summed E-state index contributed by atoms with van der Waals surface area (Å²) in [5.41, 5.74) is 0.525. The van der Waals surface area contributed by atoms with Crippen LogP contribution in [0.3, 0.4) is 0 Å². The monoisotopic (exact) mass is 543 g/mol. The number of likely N-dealkylation sites (tertiary alicyclic amines) is 1. The minimum Gasteiger partial charge on any atom is -0.508 e. The molecule has 3 N–H and O–H groups in total. The van der Waals surface area contributed by atoms with Crippen molar-refractivity contribution >= 4 is 23.5 Å². The van der Waals surface area contributed by atoms with Crippen LogP contribution in [-0.2, 0) is 30.3 Å². The third kappa shape index (κ3) is 9.43. The summed E-state index contributed by atoms with van der Waals surface area (Å²) >= 11 is 0. The van der Waals surface area contributed by atoms with Crippen LogP contribution in [0.15, 0.2) is 41.6 Å². The molecule has 0 unspecified atom stereocenters. The number of amides is 2. The second-order valence-electron chi connectivity index (χ2n) is 9.51. The molecule has 39 heavy (non-hydrogen) atoms. The SMILES string of the molecule is CNC(=O)CO[C@@H]1/C=C/C[C@@H](C)OC(=O)c2c(O)cc(O)cc2CC(=NOCC(=O)N2CCCCC2)/C=C/C1. The molecule has 0 aliphatic carbocycles. The number of fused-ring (bicyclic) bond motifs is 1. The van der Waals surface area contributed by atoms with Crippen molar-refractivity contribution in [1.29, 1.82) is 0 Å². The number of piperidine rings is 1. The number of ether oxygens (including phenoxy) is 2. The summed E-state index contributed by atoms with van der Waals surface area (Å²) in [7, 11) is 1.52. The fourth-order valence-corrected chi connectivity index (χ4v) is 4.27. The standard InChI is InChI=1S/C28H37N3O8/c1-19-8-6-10-23(37-17-25(34)29-2)11-7-9-21(30-38-18-26(35)31-12-4-3-5-13-31)14-20-15-22(32)16-24(33)27(20)28(36)39-19/h6-7,9-10,15-16,19,23,32-33H,3-5,8,11-14,17-18H2,1-2H3,(H,29,34)/b9-7+,10-6+,30-21?/t19-,23-/m1/s1. The molecule has 0 aromatic heterocycles. The zero-order valence-electron chi connectivity index (χ0n) is 22.4. The molecule has 0 radical (unpaired) electrons. The fourth-order valence-electron chi connectivity index (χ4n) is 4.27. The van der Waals surface area contributed by atoms with Crippen molar-refractivity contribution in [3.63, 3.8) is 0 Å². The number of hydrogen-bond donors (Lipinski definition) is 3. The Balaban J connectivity index is 1.87. The van der Waals surface area contributed by atoms with Gasteiger partial charge in [0.25, 0.3) is 5.91 Å². The molecule has 0 bridgehead atoms. The van der Waals surface area contributed by atoms with E-state index in [1.54, 1.807) is 36.1 Å². The first-order chi connectivity index (χ1) is 18.8. The quantitative estimate of drug-likeness (QED) is 0.282. The number of nitrogens with zero attached hydrogens (tertiary/aromatic N) is 2. The Morgan fingerprint density at radius 1 is 1.13 bits per heavy atom. The largest absolute Gasteiger partial charge is 0.508 e. The number of carbonyl (C=O) groups excluding carboxylic acids is 3. The second-order valence-corrected chi connectivity index (χ2v) is 9.51. The molecular weight excluding hydrogens is 506 g/mol. The second kappa shape index (κ2) is 14.9. The molecule has 0 saturated carbocycles. The number of likely N-dealkylation sites (N-methyl/N-ethyl adjacent to an activating group) is 1. The first-order valence-corrected chi connectivity index (χ1v) is 13.1. The van der Waals surface area contributed by atoms with Gasteiger partial charge in [-0.25, -0.2) is 4.79 Å². The van der Waals surface area contributed by atoms with Gasteiger partial charge in [-0.15, -0.1) is 0 Å². The van der Waals surface area contributed by atoms with E-state index >= 15 is 0 Å². The van der Waals surface area contributed by atoms with E-state index in [2.05, 4.69) is 10.5 Å². The van der Waals surface area contributed by atoms with Crippen molar-refractivity contribution in [2.24, 2.45) is 5.16 Å². The van der Waals surface area contributed by atoms with E-state index in [4.69, 9.17) is 14.3 Å². The van der Waals surface area contributed by atoms with Gasteiger partial charge >= 0.3 is 5.97 Å². The van der Waals surface area contributed by atoms with Crippen molar-refractivity contribution < 1.29 is 38.9 Å². The predicted octanol–water partition coefficient (Wildman–Crippen LogP) is 2.61. The predicted molar refractivity (Wildman–Crippen MR) is 143 cm³/mol. The van der Waals surface area contributed by atoms with Gasteiger partial charge in [0, 0.05) is 39.0 Å².